The highest BCUT2D eigenvalue weighted by Gasteiger charge is 2.56. The summed E-state index contributed by atoms with van der Waals surface area (Å²) in [6.07, 6.45) is -2.24. The van der Waals surface area contributed by atoms with Gasteiger partial charge >= 0.3 is 0 Å². The molecule has 4 rings (SSSR count). The van der Waals surface area contributed by atoms with Crippen LogP contribution in [0.2, 0.25) is 0 Å². The number of aromatic nitrogens is 3. The van der Waals surface area contributed by atoms with Crippen molar-refractivity contribution < 1.29 is 24.1 Å². The molecule has 3 heterocycles. The van der Waals surface area contributed by atoms with Gasteiger partial charge in [0, 0.05) is 0 Å². The summed E-state index contributed by atoms with van der Waals surface area (Å²) in [4.78, 5) is 11.9. The lowest BCUT2D eigenvalue weighted by atomic mass is 10.0. The molecule has 1 aromatic carbocycles. The van der Waals surface area contributed by atoms with E-state index in [4.69, 9.17) is 19.9 Å². The molecule has 2 saturated heterocycles. The molecule has 2 aliphatic heterocycles. The van der Waals surface area contributed by atoms with Crippen molar-refractivity contribution in [3.05, 3.63) is 47.3 Å². The SMILES string of the molecule is CC1(C)O[C@@H]2[C@H](O1)[C@@H](CO)O[C@H]2c1c(C(N)=O)nnn1Cc1ccccc1. The van der Waals surface area contributed by atoms with Crippen LogP contribution < -0.4 is 5.73 Å². The van der Waals surface area contributed by atoms with Crippen molar-refractivity contribution in [2.75, 3.05) is 6.61 Å². The lowest BCUT2D eigenvalue weighted by molar-refractivity contribution is -0.191. The summed E-state index contributed by atoms with van der Waals surface area (Å²) in [5.41, 5.74) is 6.96. The number of nitrogens with two attached hydrogens (primary N) is 1. The average molecular weight is 374 g/mol. The predicted octanol–water partition coefficient (Wildman–Crippen LogP) is 0.378. The molecule has 1 amide bonds. The predicted molar refractivity (Wildman–Crippen MR) is 92.6 cm³/mol. The largest absolute Gasteiger partial charge is 0.394 e. The summed E-state index contributed by atoms with van der Waals surface area (Å²) in [6.45, 7) is 3.75. The van der Waals surface area contributed by atoms with E-state index in [0.29, 0.717) is 12.2 Å². The second-order valence-electron chi connectivity index (χ2n) is 7.17. The number of ether oxygens (including phenoxy) is 3. The van der Waals surface area contributed by atoms with E-state index in [-0.39, 0.29) is 12.3 Å². The number of carbonyl (C=O) groups is 1. The van der Waals surface area contributed by atoms with Gasteiger partial charge in [-0.25, -0.2) is 4.68 Å². The van der Waals surface area contributed by atoms with E-state index in [1.165, 1.54) is 0 Å². The van der Waals surface area contributed by atoms with Gasteiger partial charge in [-0.3, -0.25) is 4.79 Å². The second-order valence-corrected chi connectivity index (χ2v) is 7.17. The number of fused-ring (bicyclic) bond motifs is 1. The molecule has 9 heteroatoms. The van der Waals surface area contributed by atoms with Crippen molar-refractivity contribution in [2.45, 2.75) is 50.6 Å². The Hall–Kier alpha value is -2.33. The molecule has 0 saturated carbocycles. The van der Waals surface area contributed by atoms with Gasteiger partial charge in [0.25, 0.3) is 5.91 Å². The summed E-state index contributed by atoms with van der Waals surface area (Å²) in [5, 5.41) is 17.8. The smallest absolute Gasteiger partial charge is 0.271 e. The molecule has 1 aromatic heterocycles. The molecular formula is C18H22N4O5. The van der Waals surface area contributed by atoms with Crippen LogP contribution in [0.5, 0.6) is 0 Å². The molecule has 0 aliphatic carbocycles. The van der Waals surface area contributed by atoms with Crippen LogP contribution in [0, 0.1) is 0 Å². The van der Waals surface area contributed by atoms with Gasteiger partial charge in [0.2, 0.25) is 0 Å². The van der Waals surface area contributed by atoms with Gasteiger partial charge in [-0.15, -0.1) is 5.10 Å². The van der Waals surface area contributed by atoms with E-state index >= 15 is 0 Å². The Balaban J connectivity index is 1.73. The van der Waals surface area contributed by atoms with E-state index < -0.39 is 36.1 Å². The van der Waals surface area contributed by atoms with Gasteiger partial charge in [-0.2, -0.15) is 0 Å². The zero-order valence-corrected chi connectivity index (χ0v) is 15.1. The molecule has 2 aromatic rings. The van der Waals surface area contributed by atoms with Crippen LogP contribution in [-0.2, 0) is 20.8 Å². The van der Waals surface area contributed by atoms with Crippen LogP contribution in [0.4, 0.5) is 0 Å². The summed E-state index contributed by atoms with van der Waals surface area (Å²) < 4.78 is 19.5. The number of carbonyl (C=O) groups excluding carboxylic acids is 1. The maximum absolute atomic E-state index is 11.9. The Morgan fingerprint density at radius 1 is 1.26 bits per heavy atom. The molecule has 0 unspecified atom stereocenters. The van der Waals surface area contributed by atoms with Gasteiger partial charge < -0.3 is 25.1 Å². The van der Waals surface area contributed by atoms with Crippen LogP contribution in [0.1, 0.15) is 41.7 Å². The number of aliphatic hydroxyl groups excluding tert-OH is 1. The van der Waals surface area contributed by atoms with Gasteiger partial charge in [0.05, 0.1) is 13.2 Å². The molecule has 9 nitrogen and oxygen atoms in total. The van der Waals surface area contributed by atoms with Crippen LogP contribution >= 0.6 is 0 Å². The van der Waals surface area contributed by atoms with Crippen molar-refractivity contribution in [1.82, 2.24) is 15.0 Å². The Kier molecular flexibility index (Phi) is 4.47. The maximum atomic E-state index is 11.9. The van der Waals surface area contributed by atoms with Gasteiger partial charge in [-0.1, -0.05) is 35.5 Å². The minimum Gasteiger partial charge on any atom is -0.394 e. The monoisotopic (exact) mass is 374 g/mol. The molecule has 0 bridgehead atoms. The number of nitrogens with zero attached hydrogens (tertiary/aromatic N) is 3. The molecule has 27 heavy (non-hydrogen) atoms. The number of primary amides is 1. The lowest BCUT2D eigenvalue weighted by Gasteiger charge is -2.24. The molecule has 3 N–H and O–H groups in total. The van der Waals surface area contributed by atoms with E-state index in [0.717, 1.165) is 5.56 Å². The van der Waals surface area contributed by atoms with E-state index in [2.05, 4.69) is 10.3 Å². The van der Waals surface area contributed by atoms with Crippen LogP contribution in [0.15, 0.2) is 30.3 Å². The summed E-state index contributed by atoms with van der Waals surface area (Å²) in [6, 6.07) is 9.65. The fraction of sp³-hybridized carbons (Fsp3) is 0.500. The van der Waals surface area contributed by atoms with Crippen LogP contribution in [0.3, 0.4) is 0 Å². The van der Waals surface area contributed by atoms with E-state index in [1.54, 1.807) is 18.5 Å². The second kappa shape index (κ2) is 6.68. The van der Waals surface area contributed by atoms with Gasteiger partial charge in [-0.05, 0) is 19.4 Å². The highest BCUT2D eigenvalue weighted by atomic mass is 16.8. The minimum atomic E-state index is -0.824. The van der Waals surface area contributed by atoms with Crippen LogP contribution in [-0.4, -0.2) is 56.7 Å². The molecule has 2 fully saturated rings. The average Bonchev–Trinajstić information content (AvgIpc) is 3.26. The normalized spacial score (nSPS) is 29.0. The lowest BCUT2D eigenvalue weighted by Crippen LogP contribution is -2.31. The van der Waals surface area contributed by atoms with Crippen molar-refractivity contribution in [3.63, 3.8) is 0 Å². The highest BCUT2D eigenvalue weighted by molar-refractivity contribution is 5.92. The fourth-order valence-corrected chi connectivity index (χ4v) is 3.70. The molecule has 2 aliphatic rings. The number of amides is 1. The third-order valence-electron chi connectivity index (χ3n) is 4.78. The number of aliphatic hydroxyl groups is 1. The molecule has 4 atom stereocenters. The van der Waals surface area contributed by atoms with Gasteiger partial charge in [0.15, 0.2) is 11.5 Å². The Morgan fingerprint density at radius 2 is 1.96 bits per heavy atom. The Morgan fingerprint density at radius 3 is 2.63 bits per heavy atom. The first-order chi connectivity index (χ1) is 12.9. The van der Waals surface area contributed by atoms with Crippen molar-refractivity contribution >= 4 is 5.91 Å². The number of hydrogen-bond donors (Lipinski definition) is 2. The number of rotatable bonds is 5. The van der Waals surface area contributed by atoms with E-state index in [9.17, 15) is 9.90 Å². The molecule has 0 spiro atoms. The Labute approximate surface area is 156 Å². The summed E-state index contributed by atoms with van der Waals surface area (Å²) in [5.74, 6) is -1.52. The van der Waals surface area contributed by atoms with Crippen molar-refractivity contribution in [2.24, 2.45) is 5.73 Å². The van der Waals surface area contributed by atoms with Crippen LogP contribution in [0.25, 0.3) is 0 Å². The van der Waals surface area contributed by atoms with Crippen molar-refractivity contribution in [3.8, 4) is 0 Å². The third kappa shape index (κ3) is 3.23. The standard InChI is InChI=1S/C18H22N4O5/c1-18(2)26-14-11(9-23)25-15(16(14)27-18)13-12(17(19)24)20-21-22(13)8-10-6-4-3-5-7-10/h3-7,11,14-16,23H,8-9H2,1-2H3,(H2,19,24)/t11-,14-,15+,16-/m1/s1. The van der Waals surface area contributed by atoms with E-state index in [1.807, 2.05) is 30.3 Å². The highest BCUT2D eigenvalue weighted by Crippen LogP contribution is 2.45. The molecular weight excluding hydrogens is 352 g/mol. The number of hydrogen-bond acceptors (Lipinski definition) is 7. The summed E-state index contributed by atoms with van der Waals surface area (Å²) >= 11 is 0. The molecule has 0 radical (unpaired) electrons. The first kappa shape index (κ1) is 18.1. The topological polar surface area (TPSA) is 122 Å². The minimum absolute atomic E-state index is 0.0292. The quantitative estimate of drug-likeness (QED) is 0.776. The first-order valence-corrected chi connectivity index (χ1v) is 8.78. The summed E-state index contributed by atoms with van der Waals surface area (Å²) in [7, 11) is 0. The van der Waals surface area contributed by atoms with Gasteiger partial charge in [0.1, 0.15) is 30.1 Å². The third-order valence-corrected chi connectivity index (χ3v) is 4.78. The Bertz CT molecular complexity index is 838. The van der Waals surface area contributed by atoms with Crippen molar-refractivity contribution in [1.29, 1.82) is 0 Å². The maximum Gasteiger partial charge on any atom is 0.271 e. The zero-order valence-electron chi connectivity index (χ0n) is 15.1. The molecule has 144 valence electrons. The number of benzene rings is 1. The first-order valence-electron chi connectivity index (χ1n) is 8.78. The fourth-order valence-electron chi connectivity index (χ4n) is 3.70. The zero-order chi connectivity index (χ0) is 19.2.